The van der Waals surface area contributed by atoms with Crippen LogP contribution in [0.25, 0.3) is 0 Å². The third-order valence-corrected chi connectivity index (χ3v) is 3.79. The number of amides is 1. The highest BCUT2D eigenvalue weighted by atomic mass is 32.1. The minimum absolute atomic E-state index is 0.154. The van der Waals surface area contributed by atoms with Crippen molar-refractivity contribution in [3.63, 3.8) is 0 Å². The first-order chi connectivity index (χ1) is 8.39. The Morgan fingerprint density at radius 3 is 2.94 bits per heavy atom. The van der Waals surface area contributed by atoms with Crippen LogP contribution in [0.2, 0.25) is 0 Å². The van der Waals surface area contributed by atoms with Gasteiger partial charge in [-0.15, -0.1) is 0 Å². The molecule has 2 heterocycles. The lowest BCUT2D eigenvalue weighted by Crippen LogP contribution is -2.40. The molecular weight excluding hydrogens is 252 g/mol. The predicted molar refractivity (Wildman–Crippen MR) is 71.7 cm³/mol. The van der Waals surface area contributed by atoms with Gasteiger partial charge in [-0.05, 0) is 38.2 Å². The van der Waals surface area contributed by atoms with Gasteiger partial charge in [-0.25, -0.2) is 0 Å². The second kappa shape index (κ2) is 4.74. The van der Waals surface area contributed by atoms with E-state index in [1.807, 2.05) is 0 Å². The largest absolute Gasteiger partial charge is 0.382 e. The molecular formula is C11H18N4O2S. The molecule has 18 heavy (non-hydrogen) atoms. The lowest BCUT2D eigenvalue weighted by Gasteiger charge is -2.36. The molecule has 1 aliphatic heterocycles. The smallest absolute Gasteiger partial charge is 0.255 e. The van der Waals surface area contributed by atoms with Gasteiger partial charge in [-0.3, -0.25) is 4.79 Å². The molecule has 0 spiro atoms. The predicted octanol–water partition coefficient (Wildman–Crippen LogP) is 1.19. The fraction of sp³-hybridized carbons (Fsp3) is 0.636. The maximum atomic E-state index is 11.3. The van der Waals surface area contributed by atoms with E-state index in [1.165, 1.54) is 11.5 Å². The molecule has 1 aromatic heterocycles. The number of nitrogen functional groups attached to an aromatic ring is 1. The molecule has 1 saturated heterocycles. The summed E-state index contributed by atoms with van der Waals surface area (Å²) in [6.07, 6.45) is 1.75. The normalized spacial score (nSPS) is 22.7. The van der Waals surface area contributed by atoms with Crippen molar-refractivity contribution in [3.8, 4) is 0 Å². The molecule has 7 heteroatoms. The summed E-state index contributed by atoms with van der Waals surface area (Å²) in [5.41, 5.74) is 11.1. The van der Waals surface area contributed by atoms with Gasteiger partial charge in [0.15, 0.2) is 5.82 Å². The van der Waals surface area contributed by atoms with Crippen molar-refractivity contribution in [2.45, 2.75) is 38.3 Å². The van der Waals surface area contributed by atoms with E-state index in [2.05, 4.69) is 23.5 Å². The molecule has 1 amide bonds. The highest BCUT2D eigenvalue weighted by Gasteiger charge is 2.30. The summed E-state index contributed by atoms with van der Waals surface area (Å²) < 4.78 is 9.61. The second-order valence-corrected chi connectivity index (χ2v) is 5.85. The van der Waals surface area contributed by atoms with E-state index in [0.717, 1.165) is 12.8 Å². The Bertz CT molecular complexity index is 458. The number of nitrogens with one attached hydrogen (secondary N) is 1. The monoisotopic (exact) mass is 270 g/mol. The van der Waals surface area contributed by atoms with E-state index in [1.54, 1.807) is 0 Å². The van der Waals surface area contributed by atoms with Crippen LogP contribution in [0.4, 0.5) is 10.8 Å². The van der Waals surface area contributed by atoms with Crippen molar-refractivity contribution in [3.05, 3.63) is 5.56 Å². The van der Waals surface area contributed by atoms with Crippen molar-refractivity contribution in [1.29, 1.82) is 0 Å². The van der Waals surface area contributed by atoms with Crippen molar-refractivity contribution in [2.75, 3.05) is 17.7 Å². The standard InChI is InChI=1S/C11H18N4O2S/c1-11(2)5-6(3-4-17-11)14-10-7(9(13)16)8(12)15-18-10/h6,14H,3-5H2,1-2H3,(H2,12,15)(H2,13,16). The number of hydrogen-bond donors (Lipinski definition) is 3. The van der Waals surface area contributed by atoms with Gasteiger partial charge in [-0.2, -0.15) is 4.37 Å². The minimum atomic E-state index is -0.546. The Hall–Kier alpha value is -1.34. The van der Waals surface area contributed by atoms with Crippen LogP contribution in [0.1, 0.15) is 37.0 Å². The Balaban J connectivity index is 2.12. The van der Waals surface area contributed by atoms with Crippen molar-refractivity contribution < 1.29 is 9.53 Å². The number of nitrogens with two attached hydrogens (primary N) is 2. The van der Waals surface area contributed by atoms with Crippen LogP contribution >= 0.6 is 11.5 Å². The lowest BCUT2D eigenvalue weighted by atomic mass is 9.94. The van der Waals surface area contributed by atoms with Crippen LogP contribution in [0, 0.1) is 0 Å². The molecule has 2 rings (SSSR count). The zero-order chi connectivity index (χ0) is 13.3. The molecule has 1 aliphatic rings. The van der Waals surface area contributed by atoms with Crippen LogP contribution < -0.4 is 16.8 Å². The summed E-state index contributed by atoms with van der Waals surface area (Å²) in [4.78, 5) is 11.3. The third kappa shape index (κ3) is 2.73. The first kappa shape index (κ1) is 13.1. The number of hydrogen-bond acceptors (Lipinski definition) is 6. The zero-order valence-corrected chi connectivity index (χ0v) is 11.3. The second-order valence-electron chi connectivity index (χ2n) is 5.08. The molecule has 1 atom stereocenters. The molecule has 6 nitrogen and oxygen atoms in total. The van der Waals surface area contributed by atoms with Crippen molar-refractivity contribution >= 4 is 28.3 Å². The number of nitrogens with zero attached hydrogens (tertiary/aromatic N) is 1. The van der Waals surface area contributed by atoms with E-state index in [-0.39, 0.29) is 17.5 Å². The fourth-order valence-corrected chi connectivity index (χ4v) is 2.98. The molecule has 100 valence electrons. The Morgan fingerprint density at radius 1 is 1.61 bits per heavy atom. The number of carbonyl (C=O) groups is 1. The Labute approximate surface area is 110 Å². The first-order valence-electron chi connectivity index (χ1n) is 5.84. The van der Waals surface area contributed by atoms with Gasteiger partial charge in [0, 0.05) is 12.6 Å². The summed E-state index contributed by atoms with van der Waals surface area (Å²) in [6, 6.07) is 0.242. The van der Waals surface area contributed by atoms with E-state index < -0.39 is 5.91 Å². The van der Waals surface area contributed by atoms with Gasteiger partial charge in [0.05, 0.1) is 5.60 Å². The minimum Gasteiger partial charge on any atom is -0.382 e. The van der Waals surface area contributed by atoms with E-state index in [0.29, 0.717) is 17.2 Å². The van der Waals surface area contributed by atoms with E-state index in [4.69, 9.17) is 16.2 Å². The molecule has 0 aromatic carbocycles. The van der Waals surface area contributed by atoms with Gasteiger partial charge in [0.1, 0.15) is 10.6 Å². The van der Waals surface area contributed by atoms with Gasteiger partial charge in [0.25, 0.3) is 5.91 Å². The highest BCUT2D eigenvalue weighted by Crippen LogP contribution is 2.31. The summed E-state index contributed by atoms with van der Waals surface area (Å²) in [7, 11) is 0. The molecule has 1 unspecified atom stereocenters. The maximum absolute atomic E-state index is 11.3. The Kier molecular flexibility index (Phi) is 3.45. The van der Waals surface area contributed by atoms with Crippen LogP contribution in [0.3, 0.4) is 0 Å². The zero-order valence-electron chi connectivity index (χ0n) is 10.5. The number of aromatic nitrogens is 1. The molecule has 0 saturated carbocycles. The quantitative estimate of drug-likeness (QED) is 0.765. The number of anilines is 2. The number of primary amides is 1. The Morgan fingerprint density at radius 2 is 2.33 bits per heavy atom. The van der Waals surface area contributed by atoms with Crippen LogP contribution in [0.15, 0.2) is 0 Å². The summed E-state index contributed by atoms with van der Waals surface area (Å²) in [5.74, 6) is -0.351. The van der Waals surface area contributed by atoms with Gasteiger partial charge in [-0.1, -0.05) is 0 Å². The van der Waals surface area contributed by atoms with Crippen LogP contribution in [-0.2, 0) is 4.74 Å². The fourth-order valence-electron chi connectivity index (χ4n) is 2.18. The van der Waals surface area contributed by atoms with Gasteiger partial charge in [0.2, 0.25) is 0 Å². The molecule has 1 aromatic rings. The van der Waals surface area contributed by atoms with Crippen LogP contribution in [-0.4, -0.2) is 28.5 Å². The van der Waals surface area contributed by atoms with Crippen LogP contribution in [0.5, 0.6) is 0 Å². The van der Waals surface area contributed by atoms with Crippen molar-refractivity contribution in [1.82, 2.24) is 4.37 Å². The highest BCUT2D eigenvalue weighted by molar-refractivity contribution is 7.11. The summed E-state index contributed by atoms with van der Waals surface area (Å²) >= 11 is 1.17. The van der Waals surface area contributed by atoms with E-state index in [9.17, 15) is 4.79 Å². The third-order valence-electron chi connectivity index (χ3n) is 3.00. The first-order valence-corrected chi connectivity index (χ1v) is 6.62. The van der Waals surface area contributed by atoms with Gasteiger partial charge >= 0.3 is 0 Å². The number of ether oxygens (including phenoxy) is 1. The molecule has 0 aliphatic carbocycles. The molecule has 0 radical (unpaired) electrons. The number of carbonyl (C=O) groups excluding carboxylic acids is 1. The van der Waals surface area contributed by atoms with Gasteiger partial charge < -0.3 is 21.5 Å². The average Bonchev–Trinajstić information content (AvgIpc) is 2.58. The average molecular weight is 270 g/mol. The molecule has 0 bridgehead atoms. The molecule has 1 fully saturated rings. The summed E-state index contributed by atoms with van der Waals surface area (Å²) in [6.45, 7) is 4.80. The lowest BCUT2D eigenvalue weighted by molar-refractivity contribution is -0.0552. The summed E-state index contributed by atoms with van der Waals surface area (Å²) in [5, 5.41) is 3.96. The maximum Gasteiger partial charge on any atom is 0.255 e. The SMILES string of the molecule is CC1(C)CC(Nc2snc(N)c2C(N)=O)CCO1. The van der Waals surface area contributed by atoms with Crippen molar-refractivity contribution in [2.24, 2.45) is 5.73 Å². The molecule has 5 N–H and O–H groups in total. The van der Waals surface area contributed by atoms with E-state index >= 15 is 0 Å². The number of rotatable bonds is 3. The topological polar surface area (TPSA) is 103 Å².